The number of phenolic OH excluding ortho intramolecular Hbond substituents is 1. The molecule has 0 radical (unpaired) electrons. The highest BCUT2D eigenvalue weighted by Crippen LogP contribution is 2.26. The third kappa shape index (κ3) is 2.75. The quantitative estimate of drug-likeness (QED) is 0.631. The number of rotatable bonds is 3. The molecule has 0 amide bonds. The molecule has 0 heterocycles. The topological polar surface area (TPSA) is 46.5 Å². The average Bonchev–Trinajstić information content (AvgIpc) is 2.23. The molecular formula is C13H18O3. The minimum atomic E-state index is -0.480. The normalized spacial score (nSPS) is 11.2. The van der Waals surface area contributed by atoms with Crippen LogP contribution in [0.4, 0.5) is 0 Å². The van der Waals surface area contributed by atoms with E-state index in [9.17, 15) is 9.90 Å². The lowest BCUT2D eigenvalue weighted by Crippen LogP contribution is -2.28. The van der Waals surface area contributed by atoms with Crippen LogP contribution in [-0.2, 0) is 4.79 Å². The lowest BCUT2D eigenvalue weighted by atomic mass is 9.91. The zero-order valence-corrected chi connectivity index (χ0v) is 10.2. The van der Waals surface area contributed by atoms with Crippen LogP contribution in [0.15, 0.2) is 18.2 Å². The van der Waals surface area contributed by atoms with Crippen LogP contribution < -0.4 is 4.74 Å². The lowest BCUT2D eigenvalue weighted by molar-refractivity contribution is -0.144. The van der Waals surface area contributed by atoms with E-state index in [-0.39, 0.29) is 11.7 Å². The molecule has 0 bridgehead atoms. The van der Waals surface area contributed by atoms with Gasteiger partial charge in [0.1, 0.15) is 11.5 Å². The highest BCUT2D eigenvalue weighted by atomic mass is 16.5. The van der Waals surface area contributed by atoms with Gasteiger partial charge in [-0.3, -0.25) is 4.79 Å². The molecule has 0 aliphatic heterocycles. The van der Waals surface area contributed by atoms with Crippen LogP contribution in [-0.4, -0.2) is 11.1 Å². The fourth-order valence-corrected chi connectivity index (χ4v) is 1.08. The van der Waals surface area contributed by atoms with E-state index < -0.39 is 5.41 Å². The molecule has 3 nitrogen and oxygen atoms in total. The fourth-order valence-electron chi connectivity index (χ4n) is 1.08. The van der Waals surface area contributed by atoms with Crippen LogP contribution in [0.2, 0.25) is 0 Å². The fraction of sp³-hybridized carbons (Fsp3) is 0.462. The standard InChI is InChI=1S/C13H18O3/c1-5-13(3,4)12(15)16-10-6-7-11(14)9(2)8-10/h6-8,14H,5H2,1-4H3. The minimum Gasteiger partial charge on any atom is -0.508 e. The average molecular weight is 222 g/mol. The number of aryl methyl sites for hydroxylation is 1. The van der Waals surface area contributed by atoms with Crippen molar-refractivity contribution in [3.63, 3.8) is 0 Å². The summed E-state index contributed by atoms with van der Waals surface area (Å²) >= 11 is 0. The molecule has 0 saturated heterocycles. The molecule has 0 saturated carbocycles. The summed E-state index contributed by atoms with van der Waals surface area (Å²) in [4.78, 5) is 11.8. The SMILES string of the molecule is CCC(C)(C)C(=O)Oc1ccc(O)c(C)c1. The number of carbonyl (C=O) groups is 1. The zero-order chi connectivity index (χ0) is 12.3. The molecule has 1 rings (SSSR count). The molecule has 16 heavy (non-hydrogen) atoms. The van der Waals surface area contributed by atoms with Gasteiger partial charge in [0, 0.05) is 0 Å². The Hall–Kier alpha value is -1.51. The number of esters is 1. The monoisotopic (exact) mass is 222 g/mol. The van der Waals surface area contributed by atoms with Gasteiger partial charge in [-0.2, -0.15) is 0 Å². The molecule has 3 heteroatoms. The van der Waals surface area contributed by atoms with Crippen LogP contribution >= 0.6 is 0 Å². The number of benzene rings is 1. The summed E-state index contributed by atoms with van der Waals surface area (Å²) in [7, 11) is 0. The van der Waals surface area contributed by atoms with Crippen molar-refractivity contribution in [1.82, 2.24) is 0 Å². The molecule has 1 N–H and O–H groups in total. The van der Waals surface area contributed by atoms with Crippen molar-refractivity contribution in [3.05, 3.63) is 23.8 Å². The number of carbonyl (C=O) groups excluding carboxylic acids is 1. The van der Waals surface area contributed by atoms with E-state index in [1.165, 1.54) is 6.07 Å². The van der Waals surface area contributed by atoms with E-state index in [1.807, 2.05) is 20.8 Å². The van der Waals surface area contributed by atoms with E-state index in [2.05, 4.69) is 0 Å². The van der Waals surface area contributed by atoms with E-state index >= 15 is 0 Å². The first-order valence-electron chi connectivity index (χ1n) is 5.38. The Bertz CT molecular complexity index is 394. The second-order valence-electron chi connectivity index (χ2n) is 4.58. The van der Waals surface area contributed by atoms with Gasteiger partial charge in [-0.05, 0) is 51.0 Å². The molecule has 88 valence electrons. The number of phenols is 1. The second-order valence-corrected chi connectivity index (χ2v) is 4.58. The Kier molecular flexibility index (Phi) is 3.58. The summed E-state index contributed by atoms with van der Waals surface area (Å²) in [6.07, 6.45) is 0.725. The van der Waals surface area contributed by atoms with Crippen molar-refractivity contribution in [3.8, 4) is 11.5 Å². The molecule has 0 spiro atoms. The Morgan fingerprint density at radius 3 is 2.56 bits per heavy atom. The van der Waals surface area contributed by atoms with Gasteiger partial charge < -0.3 is 9.84 Å². The van der Waals surface area contributed by atoms with Crippen molar-refractivity contribution >= 4 is 5.97 Å². The van der Waals surface area contributed by atoms with Gasteiger partial charge >= 0.3 is 5.97 Å². The summed E-state index contributed by atoms with van der Waals surface area (Å²) < 4.78 is 5.26. The molecular weight excluding hydrogens is 204 g/mol. The summed E-state index contributed by atoms with van der Waals surface area (Å²) in [5.74, 6) is 0.427. The Balaban J connectivity index is 2.82. The van der Waals surface area contributed by atoms with E-state index in [4.69, 9.17) is 4.74 Å². The van der Waals surface area contributed by atoms with Gasteiger partial charge in [-0.1, -0.05) is 6.92 Å². The molecule has 1 aromatic rings. The number of hydrogen-bond donors (Lipinski definition) is 1. The maximum Gasteiger partial charge on any atom is 0.316 e. The van der Waals surface area contributed by atoms with Crippen molar-refractivity contribution in [2.45, 2.75) is 34.1 Å². The lowest BCUT2D eigenvalue weighted by Gasteiger charge is -2.20. The smallest absolute Gasteiger partial charge is 0.316 e. The predicted octanol–water partition coefficient (Wildman–Crippen LogP) is 3.04. The Labute approximate surface area is 96.1 Å². The number of aromatic hydroxyl groups is 1. The molecule has 0 fully saturated rings. The first-order valence-corrected chi connectivity index (χ1v) is 5.38. The summed E-state index contributed by atoms with van der Waals surface area (Å²) in [6, 6.07) is 4.77. The molecule has 1 aromatic carbocycles. The maximum atomic E-state index is 11.8. The van der Waals surface area contributed by atoms with Gasteiger partial charge in [-0.25, -0.2) is 0 Å². The molecule has 0 atom stereocenters. The molecule has 0 aliphatic rings. The Morgan fingerprint density at radius 1 is 1.44 bits per heavy atom. The van der Waals surface area contributed by atoms with Gasteiger partial charge in [0.15, 0.2) is 0 Å². The summed E-state index contributed by atoms with van der Waals surface area (Å²) in [5, 5.41) is 9.34. The van der Waals surface area contributed by atoms with Crippen LogP contribution in [0.1, 0.15) is 32.8 Å². The van der Waals surface area contributed by atoms with E-state index in [0.29, 0.717) is 11.3 Å². The van der Waals surface area contributed by atoms with Gasteiger partial charge in [0.2, 0.25) is 0 Å². The third-order valence-electron chi connectivity index (χ3n) is 2.82. The first-order chi connectivity index (χ1) is 7.36. The van der Waals surface area contributed by atoms with Crippen LogP contribution in [0.5, 0.6) is 11.5 Å². The van der Waals surface area contributed by atoms with Crippen molar-refractivity contribution in [1.29, 1.82) is 0 Å². The predicted molar refractivity (Wildman–Crippen MR) is 62.6 cm³/mol. The molecule has 0 aromatic heterocycles. The second kappa shape index (κ2) is 4.56. The number of hydrogen-bond acceptors (Lipinski definition) is 3. The van der Waals surface area contributed by atoms with Crippen LogP contribution in [0, 0.1) is 12.3 Å². The highest BCUT2D eigenvalue weighted by molar-refractivity contribution is 5.78. The molecule has 0 aliphatic carbocycles. The van der Waals surface area contributed by atoms with Crippen LogP contribution in [0.3, 0.4) is 0 Å². The van der Waals surface area contributed by atoms with Crippen molar-refractivity contribution in [2.24, 2.45) is 5.41 Å². The molecule has 0 unspecified atom stereocenters. The van der Waals surface area contributed by atoms with Gasteiger partial charge in [-0.15, -0.1) is 0 Å². The Morgan fingerprint density at radius 2 is 2.06 bits per heavy atom. The maximum absolute atomic E-state index is 11.8. The largest absolute Gasteiger partial charge is 0.508 e. The van der Waals surface area contributed by atoms with Crippen LogP contribution in [0.25, 0.3) is 0 Å². The minimum absolute atomic E-state index is 0.203. The summed E-state index contributed by atoms with van der Waals surface area (Å²) in [5.41, 5.74) is 0.214. The van der Waals surface area contributed by atoms with Gasteiger partial charge in [0.05, 0.1) is 5.41 Å². The van der Waals surface area contributed by atoms with Crippen molar-refractivity contribution < 1.29 is 14.6 Å². The van der Waals surface area contributed by atoms with E-state index in [1.54, 1.807) is 19.1 Å². The zero-order valence-electron chi connectivity index (χ0n) is 10.2. The summed E-state index contributed by atoms with van der Waals surface area (Å²) in [6.45, 7) is 7.41. The van der Waals surface area contributed by atoms with Crippen molar-refractivity contribution in [2.75, 3.05) is 0 Å². The van der Waals surface area contributed by atoms with Gasteiger partial charge in [0.25, 0.3) is 0 Å². The third-order valence-corrected chi connectivity index (χ3v) is 2.82. The van der Waals surface area contributed by atoms with E-state index in [0.717, 1.165) is 6.42 Å². The number of ether oxygens (including phenoxy) is 1. The highest BCUT2D eigenvalue weighted by Gasteiger charge is 2.27. The first kappa shape index (κ1) is 12.6.